The fourth-order valence-corrected chi connectivity index (χ4v) is 3.59. The number of rotatable bonds is 1. The number of hydrogen-bond donors (Lipinski definition) is 0. The Morgan fingerprint density at radius 1 is 0.889 bits per heavy atom. The van der Waals surface area contributed by atoms with E-state index in [0.29, 0.717) is 0 Å². The Morgan fingerprint density at radius 2 is 1.56 bits per heavy atom. The van der Waals surface area contributed by atoms with Gasteiger partial charge in [-0.1, -0.05) is 52.3 Å². The maximum atomic E-state index is 3.73. The van der Waals surface area contributed by atoms with Gasteiger partial charge in [-0.25, -0.2) is 0 Å². The van der Waals surface area contributed by atoms with Crippen LogP contribution >= 0.6 is 31.9 Å². The van der Waals surface area contributed by atoms with Crippen molar-refractivity contribution in [2.24, 2.45) is 7.05 Å². The normalized spacial score (nSPS) is 11.1. The molecule has 1 heterocycles. The van der Waals surface area contributed by atoms with Crippen molar-refractivity contribution in [2.75, 3.05) is 0 Å². The Morgan fingerprint density at radius 3 is 2.28 bits per heavy atom. The van der Waals surface area contributed by atoms with Crippen molar-refractivity contribution in [1.29, 1.82) is 0 Å². The molecule has 1 nitrogen and oxygen atoms in total. The van der Waals surface area contributed by atoms with E-state index >= 15 is 0 Å². The van der Waals surface area contributed by atoms with E-state index < -0.39 is 0 Å². The van der Waals surface area contributed by atoms with Crippen LogP contribution in [0.1, 0.15) is 0 Å². The van der Waals surface area contributed by atoms with Crippen LogP contribution in [-0.4, -0.2) is 4.57 Å². The zero-order valence-corrected chi connectivity index (χ0v) is 13.0. The van der Waals surface area contributed by atoms with Crippen molar-refractivity contribution >= 4 is 42.8 Å². The van der Waals surface area contributed by atoms with E-state index in [4.69, 9.17) is 0 Å². The molecular formula is C15H11Br2N. The molecule has 3 rings (SSSR count). The number of aromatic nitrogens is 1. The number of halogens is 2. The van der Waals surface area contributed by atoms with Crippen molar-refractivity contribution in [3.05, 3.63) is 57.5 Å². The van der Waals surface area contributed by atoms with Gasteiger partial charge >= 0.3 is 0 Å². The van der Waals surface area contributed by atoms with E-state index in [1.807, 2.05) is 6.07 Å². The van der Waals surface area contributed by atoms with E-state index in [1.54, 1.807) is 0 Å². The Kier molecular flexibility index (Phi) is 3.04. The first-order chi connectivity index (χ1) is 8.70. The summed E-state index contributed by atoms with van der Waals surface area (Å²) in [5.74, 6) is 0. The summed E-state index contributed by atoms with van der Waals surface area (Å²) in [5, 5.41) is 1.24. The van der Waals surface area contributed by atoms with Crippen LogP contribution in [0.3, 0.4) is 0 Å². The highest BCUT2D eigenvalue weighted by atomic mass is 79.9. The second-order valence-corrected chi connectivity index (χ2v) is 5.87. The summed E-state index contributed by atoms with van der Waals surface area (Å²) in [4.78, 5) is 0. The first kappa shape index (κ1) is 12.0. The molecule has 3 heteroatoms. The zero-order valence-electron chi connectivity index (χ0n) is 9.82. The first-order valence-electron chi connectivity index (χ1n) is 5.68. The number of hydrogen-bond acceptors (Lipinski definition) is 0. The summed E-state index contributed by atoms with van der Waals surface area (Å²) in [6, 6.07) is 16.7. The van der Waals surface area contributed by atoms with Gasteiger partial charge in [-0.05, 0) is 28.1 Å². The Bertz CT molecular complexity index is 689. The number of aryl methyl sites for hydroxylation is 1. The first-order valence-corrected chi connectivity index (χ1v) is 7.26. The van der Waals surface area contributed by atoms with E-state index in [2.05, 4.69) is 85.9 Å². The highest BCUT2D eigenvalue weighted by Gasteiger charge is 2.15. The molecular weight excluding hydrogens is 354 g/mol. The van der Waals surface area contributed by atoms with E-state index in [9.17, 15) is 0 Å². The summed E-state index contributed by atoms with van der Waals surface area (Å²) in [7, 11) is 2.10. The maximum Gasteiger partial charge on any atom is 0.0644 e. The minimum Gasteiger partial charge on any atom is -0.343 e. The summed E-state index contributed by atoms with van der Waals surface area (Å²) >= 11 is 7.36. The number of nitrogens with zero attached hydrogens (tertiary/aromatic N) is 1. The fraction of sp³-hybridized carbons (Fsp3) is 0.0667. The van der Waals surface area contributed by atoms with Gasteiger partial charge in [0.1, 0.15) is 0 Å². The van der Waals surface area contributed by atoms with Crippen LogP contribution in [0.25, 0.3) is 22.2 Å². The molecule has 0 aliphatic carbocycles. The lowest BCUT2D eigenvalue weighted by molar-refractivity contribution is 0.975. The fourth-order valence-electron chi connectivity index (χ4n) is 2.30. The van der Waals surface area contributed by atoms with Gasteiger partial charge in [0.25, 0.3) is 0 Å². The molecule has 0 saturated heterocycles. The van der Waals surface area contributed by atoms with Gasteiger partial charge in [0.15, 0.2) is 0 Å². The van der Waals surface area contributed by atoms with Crippen molar-refractivity contribution in [1.82, 2.24) is 4.57 Å². The molecule has 0 aliphatic rings. The minimum atomic E-state index is 1.11. The maximum absolute atomic E-state index is 3.73. The third-order valence-electron chi connectivity index (χ3n) is 3.17. The molecule has 1 aromatic heterocycles. The van der Waals surface area contributed by atoms with Gasteiger partial charge in [0.05, 0.1) is 10.2 Å². The van der Waals surface area contributed by atoms with Crippen LogP contribution in [0.4, 0.5) is 0 Å². The van der Waals surface area contributed by atoms with Crippen LogP contribution in [0.5, 0.6) is 0 Å². The lowest BCUT2D eigenvalue weighted by Crippen LogP contribution is -1.92. The highest BCUT2D eigenvalue weighted by Crippen LogP contribution is 2.39. The molecule has 0 atom stereocenters. The lowest BCUT2D eigenvalue weighted by Gasteiger charge is -2.07. The molecule has 18 heavy (non-hydrogen) atoms. The van der Waals surface area contributed by atoms with E-state index in [0.717, 1.165) is 8.95 Å². The Labute approximate surface area is 123 Å². The minimum absolute atomic E-state index is 1.11. The third-order valence-corrected chi connectivity index (χ3v) is 4.67. The molecule has 0 unspecified atom stereocenters. The lowest BCUT2D eigenvalue weighted by atomic mass is 10.1. The smallest absolute Gasteiger partial charge is 0.0644 e. The molecule has 0 N–H and O–H groups in total. The molecule has 0 spiro atoms. The summed E-state index contributed by atoms with van der Waals surface area (Å²) in [5.41, 5.74) is 3.63. The van der Waals surface area contributed by atoms with Crippen LogP contribution in [0.15, 0.2) is 57.5 Å². The highest BCUT2D eigenvalue weighted by molar-refractivity contribution is 9.11. The molecule has 3 aromatic rings. The second kappa shape index (κ2) is 4.56. The van der Waals surface area contributed by atoms with Crippen molar-refractivity contribution in [3.8, 4) is 11.3 Å². The van der Waals surface area contributed by atoms with Gasteiger partial charge in [0.2, 0.25) is 0 Å². The third kappa shape index (κ3) is 1.73. The molecule has 0 bridgehead atoms. The summed E-state index contributed by atoms with van der Waals surface area (Å²) in [6.07, 6.45) is 0. The largest absolute Gasteiger partial charge is 0.343 e. The SMILES string of the molecule is Cn1c(-c2ccccc2Br)c(Br)c2ccccc21. The molecule has 0 fully saturated rings. The summed E-state index contributed by atoms with van der Waals surface area (Å²) in [6.45, 7) is 0. The van der Waals surface area contributed by atoms with Crippen molar-refractivity contribution in [2.45, 2.75) is 0 Å². The summed E-state index contributed by atoms with van der Waals surface area (Å²) < 4.78 is 4.48. The molecule has 0 saturated carbocycles. The monoisotopic (exact) mass is 363 g/mol. The zero-order chi connectivity index (χ0) is 12.7. The van der Waals surface area contributed by atoms with Crippen LogP contribution in [-0.2, 0) is 7.05 Å². The van der Waals surface area contributed by atoms with Crippen LogP contribution in [0, 0.1) is 0 Å². The average molecular weight is 365 g/mol. The van der Waals surface area contributed by atoms with Crippen LogP contribution in [0.2, 0.25) is 0 Å². The topological polar surface area (TPSA) is 4.93 Å². The van der Waals surface area contributed by atoms with E-state index in [-0.39, 0.29) is 0 Å². The predicted molar refractivity (Wildman–Crippen MR) is 83.8 cm³/mol. The average Bonchev–Trinajstić information content (AvgIpc) is 2.64. The molecule has 0 aliphatic heterocycles. The van der Waals surface area contributed by atoms with Gasteiger partial charge in [0, 0.05) is 28.0 Å². The number of fused-ring (bicyclic) bond motifs is 1. The van der Waals surface area contributed by atoms with Crippen molar-refractivity contribution in [3.63, 3.8) is 0 Å². The predicted octanol–water partition coefficient (Wildman–Crippen LogP) is 5.37. The van der Waals surface area contributed by atoms with Gasteiger partial charge in [-0.3, -0.25) is 0 Å². The number of benzene rings is 2. The van der Waals surface area contributed by atoms with Crippen molar-refractivity contribution < 1.29 is 0 Å². The number of para-hydroxylation sites is 1. The molecule has 0 amide bonds. The quantitative estimate of drug-likeness (QED) is 0.547. The molecule has 2 aromatic carbocycles. The second-order valence-electron chi connectivity index (χ2n) is 4.22. The van der Waals surface area contributed by atoms with Gasteiger partial charge in [-0.15, -0.1) is 0 Å². The Hall–Kier alpha value is -1.06. The standard InChI is InChI=1S/C15H11Br2N/c1-18-13-9-5-3-7-11(13)14(17)15(18)10-6-2-4-8-12(10)16/h2-9H,1H3. The molecule has 0 radical (unpaired) electrons. The van der Waals surface area contributed by atoms with Gasteiger partial charge < -0.3 is 4.57 Å². The van der Waals surface area contributed by atoms with Crippen LogP contribution < -0.4 is 0 Å². The van der Waals surface area contributed by atoms with Gasteiger partial charge in [-0.2, -0.15) is 0 Å². The molecule has 90 valence electrons. The van der Waals surface area contributed by atoms with E-state index in [1.165, 1.54) is 22.2 Å². The Balaban J connectivity index is 2.40.